The summed E-state index contributed by atoms with van der Waals surface area (Å²) in [4.78, 5) is 0. The van der Waals surface area contributed by atoms with E-state index < -0.39 is 5.92 Å². The van der Waals surface area contributed by atoms with Crippen LogP contribution in [0, 0.1) is 0 Å². The maximum Gasteiger partial charge on any atom is 0.248 e. The van der Waals surface area contributed by atoms with Gasteiger partial charge in [-0.25, -0.2) is 8.78 Å². The van der Waals surface area contributed by atoms with Gasteiger partial charge in [-0.05, 0) is 19.1 Å². The van der Waals surface area contributed by atoms with Crippen LogP contribution in [-0.2, 0) is 0 Å². The van der Waals surface area contributed by atoms with Crippen LogP contribution in [0.2, 0.25) is 0 Å². The summed E-state index contributed by atoms with van der Waals surface area (Å²) in [5.41, 5.74) is 0. The van der Waals surface area contributed by atoms with Gasteiger partial charge in [-0.3, -0.25) is 0 Å². The standard InChI is InChI=1S/C7H12F2S/c1-10-6-2-4-7(8,9)5-3-6/h6H,2-5H2,1H3. The summed E-state index contributed by atoms with van der Waals surface area (Å²) < 4.78 is 25.0. The van der Waals surface area contributed by atoms with Crippen molar-refractivity contribution >= 4 is 11.8 Å². The highest BCUT2D eigenvalue weighted by atomic mass is 32.2. The third-order valence-corrected chi connectivity index (χ3v) is 3.14. The van der Waals surface area contributed by atoms with Crippen LogP contribution in [0.15, 0.2) is 0 Å². The fraction of sp³-hybridized carbons (Fsp3) is 1.00. The molecule has 0 unspecified atom stereocenters. The third kappa shape index (κ3) is 2.11. The summed E-state index contributed by atoms with van der Waals surface area (Å²) >= 11 is 1.71. The van der Waals surface area contributed by atoms with Crippen LogP contribution in [0.1, 0.15) is 25.7 Å². The normalized spacial score (nSPS) is 26.7. The van der Waals surface area contributed by atoms with Crippen molar-refractivity contribution in [3.63, 3.8) is 0 Å². The van der Waals surface area contributed by atoms with Gasteiger partial charge in [0.15, 0.2) is 0 Å². The lowest BCUT2D eigenvalue weighted by atomic mass is 9.96. The molecule has 0 aliphatic heterocycles. The van der Waals surface area contributed by atoms with E-state index in [1.807, 2.05) is 6.26 Å². The zero-order chi connectivity index (χ0) is 7.61. The lowest BCUT2D eigenvalue weighted by Crippen LogP contribution is -2.25. The van der Waals surface area contributed by atoms with Gasteiger partial charge in [0.2, 0.25) is 5.92 Å². The molecule has 0 aromatic rings. The smallest absolute Gasteiger partial charge is 0.207 e. The van der Waals surface area contributed by atoms with Crippen LogP contribution >= 0.6 is 11.8 Å². The highest BCUT2D eigenvalue weighted by Gasteiger charge is 2.34. The third-order valence-electron chi connectivity index (χ3n) is 2.00. The Bertz CT molecular complexity index is 104. The molecule has 10 heavy (non-hydrogen) atoms. The predicted molar refractivity (Wildman–Crippen MR) is 40.7 cm³/mol. The predicted octanol–water partition coefficient (Wildman–Crippen LogP) is 2.93. The van der Waals surface area contributed by atoms with Gasteiger partial charge in [0, 0.05) is 18.1 Å². The Hall–Kier alpha value is 0.210. The van der Waals surface area contributed by atoms with Crippen LogP contribution < -0.4 is 0 Å². The SMILES string of the molecule is CSC1CCC(F)(F)CC1. The number of hydrogen-bond acceptors (Lipinski definition) is 1. The molecule has 1 saturated carbocycles. The molecule has 1 fully saturated rings. The summed E-state index contributed by atoms with van der Waals surface area (Å²) in [5, 5.41) is 0.486. The van der Waals surface area contributed by atoms with E-state index in [9.17, 15) is 8.78 Å². The second-order valence-electron chi connectivity index (χ2n) is 2.79. The maximum atomic E-state index is 12.5. The Morgan fingerprint density at radius 2 is 1.80 bits per heavy atom. The zero-order valence-corrected chi connectivity index (χ0v) is 6.89. The van der Waals surface area contributed by atoms with Gasteiger partial charge < -0.3 is 0 Å². The first-order valence-corrected chi connectivity index (χ1v) is 4.83. The van der Waals surface area contributed by atoms with Crippen LogP contribution in [0.3, 0.4) is 0 Å². The summed E-state index contributed by atoms with van der Waals surface area (Å²) in [5.74, 6) is -2.35. The topological polar surface area (TPSA) is 0 Å². The van der Waals surface area contributed by atoms with Crippen LogP contribution in [0.4, 0.5) is 8.78 Å². The summed E-state index contributed by atoms with van der Waals surface area (Å²) in [6.45, 7) is 0. The highest BCUT2D eigenvalue weighted by Crippen LogP contribution is 2.36. The first-order valence-electron chi connectivity index (χ1n) is 3.55. The maximum absolute atomic E-state index is 12.5. The Morgan fingerprint density at radius 3 is 2.20 bits per heavy atom. The molecule has 0 aromatic carbocycles. The fourth-order valence-corrected chi connectivity index (χ4v) is 1.96. The number of rotatable bonds is 1. The molecule has 0 atom stereocenters. The molecule has 0 heterocycles. The largest absolute Gasteiger partial charge is 0.248 e. The van der Waals surface area contributed by atoms with Gasteiger partial charge in [0.25, 0.3) is 0 Å². The van der Waals surface area contributed by atoms with Gasteiger partial charge in [-0.2, -0.15) is 11.8 Å². The van der Waals surface area contributed by atoms with E-state index in [2.05, 4.69) is 0 Å². The number of hydrogen-bond donors (Lipinski definition) is 0. The minimum Gasteiger partial charge on any atom is -0.207 e. The number of alkyl halides is 2. The molecule has 0 amide bonds. The van der Waals surface area contributed by atoms with Crippen LogP contribution in [0.5, 0.6) is 0 Å². The van der Waals surface area contributed by atoms with Crippen molar-refractivity contribution in [3.05, 3.63) is 0 Å². The molecule has 1 aliphatic carbocycles. The lowest BCUT2D eigenvalue weighted by Gasteiger charge is -2.26. The van der Waals surface area contributed by atoms with E-state index in [4.69, 9.17) is 0 Å². The quantitative estimate of drug-likeness (QED) is 0.577. The van der Waals surface area contributed by atoms with Crippen molar-refractivity contribution in [1.29, 1.82) is 0 Å². The first-order chi connectivity index (χ1) is 4.64. The molecule has 60 valence electrons. The van der Waals surface area contributed by atoms with Crippen LogP contribution in [-0.4, -0.2) is 17.4 Å². The Kier molecular flexibility index (Phi) is 2.55. The molecule has 0 N–H and O–H groups in total. The molecular formula is C7H12F2S. The monoisotopic (exact) mass is 166 g/mol. The second kappa shape index (κ2) is 3.07. The van der Waals surface area contributed by atoms with Crippen molar-refractivity contribution in [1.82, 2.24) is 0 Å². The van der Waals surface area contributed by atoms with Gasteiger partial charge in [-0.15, -0.1) is 0 Å². The Morgan fingerprint density at radius 1 is 1.30 bits per heavy atom. The average molecular weight is 166 g/mol. The van der Waals surface area contributed by atoms with E-state index in [-0.39, 0.29) is 12.8 Å². The molecule has 0 aromatic heterocycles. The Labute approximate surface area is 64.4 Å². The average Bonchev–Trinajstić information content (AvgIpc) is 1.88. The van der Waals surface area contributed by atoms with Crippen molar-refractivity contribution in [2.24, 2.45) is 0 Å². The summed E-state index contributed by atoms with van der Waals surface area (Å²) in [6.07, 6.45) is 3.56. The van der Waals surface area contributed by atoms with E-state index >= 15 is 0 Å². The number of thioether (sulfide) groups is 1. The van der Waals surface area contributed by atoms with Crippen molar-refractivity contribution in [2.75, 3.05) is 6.26 Å². The van der Waals surface area contributed by atoms with Gasteiger partial charge >= 0.3 is 0 Å². The minimum absolute atomic E-state index is 0.0957. The lowest BCUT2D eigenvalue weighted by molar-refractivity contribution is -0.0323. The van der Waals surface area contributed by atoms with E-state index in [1.54, 1.807) is 11.8 Å². The molecule has 1 aliphatic rings. The summed E-state index contributed by atoms with van der Waals surface area (Å²) in [7, 11) is 0. The van der Waals surface area contributed by atoms with E-state index in [0.29, 0.717) is 18.1 Å². The van der Waals surface area contributed by atoms with Crippen molar-refractivity contribution in [2.45, 2.75) is 36.9 Å². The molecule has 1 rings (SSSR count). The fourth-order valence-electron chi connectivity index (χ4n) is 1.25. The zero-order valence-electron chi connectivity index (χ0n) is 6.07. The second-order valence-corrected chi connectivity index (χ2v) is 3.93. The highest BCUT2D eigenvalue weighted by molar-refractivity contribution is 7.99. The Balaban J connectivity index is 2.31. The van der Waals surface area contributed by atoms with Crippen molar-refractivity contribution < 1.29 is 8.78 Å². The molecule has 0 bridgehead atoms. The van der Waals surface area contributed by atoms with E-state index in [0.717, 1.165) is 0 Å². The molecular weight excluding hydrogens is 154 g/mol. The molecule has 0 saturated heterocycles. The first kappa shape index (κ1) is 8.31. The number of halogens is 2. The molecule has 0 radical (unpaired) electrons. The molecule has 0 spiro atoms. The van der Waals surface area contributed by atoms with Gasteiger partial charge in [0.05, 0.1) is 0 Å². The molecule has 0 nitrogen and oxygen atoms in total. The van der Waals surface area contributed by atoms with Gasteiger partial charge in [-0.1, -0.05) is 0 Å². The molecule has 3 heteroatoms. The van der Waals surface area contributed by atoms with E-state index in [1.165, 1.54) is 0 Å². The van der Waals surface area contributed by atoms with Crippen molar-refractivity contribution in [3.8, 4) is 0 Å². The minimum atomic E-state index is -2.35. The van der Waals surface area contributed by atoms with Crippen LogP contribution in [0.25, 0.3) is 0 Å². The van der Waals surface area contributed by atoms with Gasteiger partial charge in [0.1, 0.15) is 0 Å². The summed E-state index contributed by atoms with van der Waals surface area (Å²) in [6, 6.07) is 0.